The highest BCUT2D eigenvalue weighted by molar-refractivity contribution is 6.37. The molecule has 5 aromatic rings. The minimum atomic E-state index is -0.341. The molecule has 4 heterocycles. The number of aromatic nitrogens is 5. The van der Waals surface area contributed by atoms with Gasteiger partial charge < -0.3 is 15.1 Å². The molecule has 1 aliphatic rings. The highest BCUT2D eigenvalue weighted by Crippen LogP contribution is 2.30. The van der Waals surface area contributed by atoms with Gasteiger partial charge in [0.25, 0.3) is 5.56 Å². The standard InChI is InChI=1S/C28H28Cl2N8O/c1-4-18-16-37-26(32-18)24-20(27(39)38(37)25-21(29)6-5-7-22(25)30)15-31-28(34-24)33-19-8-9-23(17(2)14-19)36-12-10-35(3)11-13-36/h5-9,14-16H,4,10-13H2,1-3H3,(H,31,33,34). The number of likely N-dealkylation sites (N-methyl/N-ethyl adjacent to an activating group) is 1. The van der Waals surface area contributed by atoms with Crippen molar-refractivity contribution in [2.75, 3.05) is 43.4 Å². The van der Waals surface area contributed by atoms with Gasteiger partial charge in [0.2, 0.25) is 5.95 Å². The normalized spacial score (nSPS) is 14.4. The van der Waals surface area contributed by atoms with Crippen LogP contribution in [0, 0.1) is 6.92 Å². The lowest BCUT2D eigenvalue weighted by Gasteiger charge is -2.35. The summed E-state index contributed by atoms with van der Waals surface area (Å²) in [7, 11) is 2.16. The Balaban J connectivity index is 1.42. The van der Waals surface area contributed by atoms with Crippen LogP contribution in [0.2, 0.25) is 10.0 Å². The molecule has 1 aliphatic heterocycles. The van der Waals surface area contributed by atoms with Gasteiger partial charge in [-0.2, -0.15) is 0 Å². The van der Waals surface area contributed by atoms with Gasteiger partial charge in [-0.1, -0.05) is 36.2 Å². The molecule has 0 bridgehead atoms. The van der Waals surface area contributed by atoms with Crippen molar-refractivity contribution in [1.82, 2.24) is 29.0 Å². The quantitative estimate of drug-likeness (QED) is 0.319. The fraction of sp³-hybridized carbons (Fsp3) is 0.286. The van der Waals surface area contributed by atoms with E-state index in [-0.39, 0.29) is 5.56 Å². The second-order valence-corrected chi connectivity index (χ2v) is 10.6. The molecule has 1 N–H and O–H groups in total. The van der Waals surface area contributed by atoms with E-state index in [0.29, 0.717) is 44.7 Å². The maximum Gasteiger partial charge on any atom is 0.281 e. The van der Waals surface area contributed by atoms with Gasteiger partial charge in [0.1, 0.15) is 11.2 Å². The van der Waals surface area contributed by atoms with E-state index >= 15 is 0 Å². The summed E-state index contributed by atoms with van der Waals surface area (Å²) in [6.45, 7) is 8.24. The zero-order chi connectivity index (χ0) is 27.3. The lowest BCUT2D eigenvalue weighted by molar-refractivity contribution is 0.312. The van der Waals surface area contributed by atoms with E-state index in [1.165, 1.54) is 22.1 Å². The SMILES string of the molecule is CCc1cn2c(n1)c1nc(Nc3ccc(N4CCN(C)CC4)c(C)c3)ncc1c(=O)n2-c1c(Cl)cccc1Cl. The molecular formula is C28H28Cl2N8O. The van der Waals surface area contributed by atoms with Crippen LogP contribution < -0.4 is 15.8 Å². The van der Waals surface area contributed by atoms with Crippen LogP contribution in [0.1, 0.15) is 18.2 Å². The molecule has 0 amide bonds. The van der Waals surface area contributed by atoms with E-state index in [1.54, 1.807) is 22.7 Å². The number of halogens is 2. The minimum absolute atomic E-state index is 0.318. The molecule has 0 radical (unpaired) electrons. The van der Waals surface area contributed by atoms with Gasteiger partial charge in [-0.15, -0.1) is 0 Å². The highest BCUT2D eigenvalue weighted by Gasteiger charge is 2.21. The Morgan fingerprint density at radius 2 is 1.77 bits per heavy atom. The third kappa shape index (κ3) is 4.60. The molecule has 6 rings (SSSR count). The first-order valence-electron chi connectivity index (χ1n) is 12.9. The second-order valence-electron chi connectivity index (χ2n) is 9.81. The number of fused-ring (bicyclic) bond motifs is 3. The van der Waals surface area contributed by atoms with Crippen LogP contribution in [0.15, 0.2) is 53.6 Å². The zero-order valence-electron chi connectivity index (χ0n) is 21.9. The first-order valence-corrected chi connectivity index (χ1v) is 13.6. The van der Waals surface area contributed by atoms with Crippen LogP contribution in [0.5, 0.6) is 0 Å². The molecule has 2 aromatic carbocycles. The maximum atomic E-state index is 13.8. The van der Waals surface area contributed by atoms with Crippen molar-refractivity contribution in [2.24, 2.45) is 0 Å². The number of nitrogens with zero attached hydrogens (tertiary/aromatic N) is 7. The molecule has 0 aliphatic carbocycles. The van der Waals surface area contributed by atoms with E-state index in [1.807, 2.05) is 19.2 Å². The number of imidazole rings is 1. The summed E-state index contributed by atoms with van der Waals surface area (Å²) in [6, 6.07) is 11.4. The predicted molar refractivity (Wildman–Crippen MR) is 157 cm³/mol. The summed E-state index contributed by atoms with van der Waals surface area (Å²) >= 11 is 13.0. The van der Waals surface area contributed by atoms with Gasteiger partial charge in [0.15, 0.2) is 5.65 Å². The number of aryl methyl sites for hydroxylation is 2. The fourth-order valence-corrected chi connectivity index (χ4v) is 5.61. The Hall–Kier alpha value is -3.66. The van der Waals surface area contributed by atoms with Crippen molar-refractivity contribution < 1.29 is 0 Å². The van der Waals surface area contributed by atoms with E-state index in [9.17, 15) is 4.79 Å². The summed E-state index contributed by atoms with van der Waals surface area (Å²) < 4.78 is 3.10. The number of hydrogen-bond acceptors (Lipinski definition) is 7. The number of hydrogen-bond donors (Lipinski definition) is 1. The van der Waals surface area contributed by atoms with Crippen molar-refractivity contribution in [1.29, 1.82) is 0 Å². The first kappa shape index (κ1) is 25.6. The number of piperazine rings is 1. The van der Waals surface area contributed by atoms with E-state index in [0.717, 1.165) is 37.6 Å². The van der Waals surface area contributed by atoms with Gasteiger partial charge in [-0.25, -0.2) is 24.1 Å². The fourth-order valence-electron chi connectivity index (χ4n) is 5.05. The topological polar surface area (TPSA) is 83.6 Å². The second kappa shape index (κ2) is 10.1. The zero-order valence-corrected chi connectivity index (χ0v) is 23.5. The van der Waals surface area contributed by atoms with Crippen molar-refractivity contribution in [3.05, 3.63) is 80.4 Å². The van der Waals surface area contributed by atoms with Crippen molar-refractivity contribution in [2.45, 2.75) is 20.3 Å². The van der Waals surface area contributed by atoms with E-state index in [4.69, 9.17) is 33.2 Å². The number of nitrogens with one attached hydrogen (secondary N) is 1. The smallest absolute Gasteiger partial charge is 0.281 e. The summed E-state index contributed by atoms with van der Waals surface area (Å²) in [5, 5.41) is 4.33. The van der Waals surface area contributed by atoms with Gasteiger partial charge >= 0.3 is 0 Å². The Morgan fingerprint density at radius 3 is 2.46 bits per heavy atom. The number of anilines is 3. The van der Waals surface area contributed by atoms with Crippen molar-refractivity contribution in [3.8, 4) is 5.69 Å². The maximum absolute atomic E-state index is 13.8. The lowest BCUT2D eigenvalue weighted by atomic mass is 10.1. The Labute approximate surface area is 235 Å². The number of rotatable bonds is 5. The van der Waals surface area contributed by atoms with Crippen LogP contribution in [0.25, 0.3) is 22.2 Å². The number of benzene rings is 2. The highest BCUT2D eigenvalue weighted by atomic mass is 35.5. The van der Waals surface area contributed by atoms with E-state index in [2.05, 4.69) is 46.2 Å². The van der Waals surface area contributed by atoms with Crippen molar-refractivity contribution in [3.63, 3.8) is 0 Å². The third-order valence-electron chi connectivity index (χ3n) is 7.19. The molecule has 1 saturated heterocycles. The lowest BCUT2D eigenvalue weighted by Crippen LogP contribution is -2.44. The minimum Gasteiger partial charge on any atom is -0.369 e. The van der Waals surface area contributed by atoms with E-state index < -0.39 is 0 Å². The van der Waals surface area contributed by atoms with Gasteiger partial charge in [0, 0.05) is 43.8 Å². The molecule has 9 nitrogen and oxygen atoms in total. The molecule has 3 aromatic heterocycles. The van der Waals surface area contributed by atoms with Crippen LogP contribution in [-0.2, 0) is 6.42 Å². The molecule has 1 fully saturated rings. The summed E-state index contributed by atoms with van der Waals surface area (Å²) in [5.74, 6) is 0.380. The van der Waals surface area contributed by atoms with Crippen molar-refractivity contribution >= 4 is 57.1 Å². The molecule has 39 heavy (non-hydrogen) atoms. The van der Waals surface area contributed by atoms with Crippen LogP contribution >= 0.6 is 23.2 Å². The summed E-state index contributed by atoms with van der Waals surface area (Å²) in [5.41, 5.74) is 5.09. The van der Waals surface area contributed by atoms with Gasteiger partial charge in [0.05, 0.1) is 27.3 Å². The Bertz CT molecular complexity index is 1750. The van der Waals surface area contributed by atoms with Crippen LogP contribution in [-0.4, -0.2) is 62.3 Å². The summed E-state index contributed by atoms with van der Waals surface area (Å²) in [4.78, 5) is 32.5. The predicted octanol–water partition coefficient (Wildman–Crippen LogP) is 5.10. The molecule has 0 unspecified atom stereocenters. The largest absolute Gasteiger partial charge is 0.369 e. The summed E-state index contributed by atoms with van der Waals surface area (Å²) in [6.07, 6.45) is 4.02. The Kier molecular flexibility index (Phi) is 6.66. The monoisotopic (exact) mass is 562 g/mol. The molecule has 0 spiro atoms. The molecule has 0 atom stereocenters. The number of para-hydroxylation sites is 1. The average molecular weight is 563 g/mol. The van der Waals surface area contributed by atoms with Crippen LogP contribution in [0.4, 0.5) is 17.3 Å². The molecular weight excluding hydrogens is 535 g/mol. The van der Waals surface area contributed by atoms with Gasteiger partial charge in [-0.3, -0.25) is 4.79 Å². The molecule has 11 heteroatoms. The molecule has 200 valence electrons. The average Bonchev–Trinajstić information content (AvgIpc) is 3.36. The van der Waals surface area contributed by atoms with Gasteiger partial charge in [-0.05, 0) is 56.3 Å². The Morgan fingerprint density at radius 1 is 1.03 bits per heavy atom. The first-order chi connectivity index (χ1) is 18.8. The van der Waals surface area contributed by atoms with Crippen LogP contribution in [0.3, 0.4) is 0 Å². The molecule has 0 saturated carbocycles. The third-order valence-corrected chi connectivity index (χ3v) is 7.80.